The molecular formula is C23H20N2O4. The summed E-state index contributed by atoms with van der Waals surface area (Å²) in [6, 6.07) is 20.5. The van der Waals surface area contributed by atoms with Crippen molar-refractivity contribution in [3.8, 4) is 0 Å². The number of ether oxygens (including phenoxy) is 1. The van der Waals surface area contributed by atoms with Crippen LogP contribution in [-0.2, 0) is 4.74 Å². The number of amides is 2. The van der Waals surface area contributed by atoms with Gasteiger partial charge in [-0.05, 0) is 61.0 Å². The van der Waals surface area contributed by atoms with Crippen LogP contribution in [0.2, 0.25) is 0 Å². The van der Waals surface area contributed by atoms with Gasteiger partial charge in [0.15, 0.2) is 0 Å². The largest absolute Gasteiger partial charge is 0.465 e. The van der Waals surface area contributed by atoms with Crippen LogP contribution >= 0.6 is 0 Å². The highest BCUT2D eigenvalue weighted by Crippen LogP contribution is 2.21. The SMILES string of the molecule is COC(=O)c1cccc(NC(=O)c2ccc(NC(=O)c3ccccc3)cc2)c1C. The fourth-order valence-electron chi connectivity index (χ4n) is 2.79. The zero-order valence-corrected chi connectivity index (χ0v) is 16.1. The van der Waals surface area contributed by atoms with Crippen LogP contribution in [0.4, 0.5) is 11.4 Å². The molecule has 3 aromatic carbocycles. The lowest BCUT2D eigenvalue weighted by Gasteiger charge is -2.12. The van der Waals surface area contributed by atoms with Crippen molar-refractivity contribution in [3.05, 3.63) is 95.1 Å². The van der Waals surface area contributed by atoms with Gasteiger partial charge in [-0.25, -0.2) is 4.79 Å². The molecule has 0 bridgehead atoms. The van der Waals surface area contributed by atoms with Gasteiger partial charge in [0.1, 0.15) is 0 Å². The molecule has 29 heavy (non-hydrogen) atoms. The smallest absolute Gasteiger partial charge is 0.338 e. The minimum Gasteiger partial charge on any atom is -0.465 e. The van der Waals surface area contributed by atoms with E-state index in [1.165, 1.54) is 7.11 Å². The zero-order valence-electron chi connectivity index (χ0n) is 16.1. The van der Waals surface area contributed by atoms with E-state index in [4.69, 9.17) is 4.74 Å². The van der Waals surface area contributed by atoms with E-state index in [0.717, 1.165) is 0 Å². The van der Waals surface area contributed by atoms with Crippen molar-refractivity contribution in [2.75, 3.05) is 17.7 Å². The summed E-state index contributed by atoms with van der Waals surface area (Å²) < 4.78 is 4.75. The van der Waals surface area contributed by atoms with E-state index >= 15 is 0 Å². The van der Waals surface area contributed by atoms with Gasteiger partial charge >= 0.3 is 5.97 Å². The first-order chi connectivity index (χ1) is 14.0. The lowest BCUT2D eigenvalue weighted by atomic mass is 10.1. The molecule has 0 heterocycles. The minimum atomic E-state index is -0.461. The van der Waals surface area contributed by atoms with Gasteiger partial charge in [-0.15, -0.1) is 0 Å². The van der Waals surface area contributed by atoms with Crippen LogP contribution < -0.4 is 10.6 Å². The molecule has 2 N–H and O–H groups in total. The number of carbonyl (C=O) groups is 3. The number of benzene rings is 3. The molecule has 0 fully saturated rings. The fourth-order valence-corrected chi connectivity index (χ4v) is 2.79. The second kappa shape index (κ2) is 8.84. The second-order valence-electron chi connectivity index (χ2n) is 6.32. The summed E-state index contributed by atoms with van der Waals surface area (Å²) in [6.07, 6.45) is 0. The Morgan fingerprint density at radius 2 is 1.34 bits per heavy atom. The van der Waals surface area contributed by atoms with Crippen LogP contribution in [0.25, 0.3) is 0 Å². The van der Waals surface area contributed by atoms with Gasteiger partial charge in [0, 0.05) is 22.5 Å². The second-order valence-corrected chi connectivity index (χ2v) is 6.32. The van der Waals surface area contributed by atoms with E-state index in [1.807, 2.05) is 6.07 Å². The van der Waals surface area contributed by atoms with Crippen molar-refractivity contribution in [1.82, 2.24) is 0 Å². The zero-order chi connectivity index (χ0) is 20.8. The van der Waals surface area contributed by atoms with Crippen LogP contribution in [0, 0.1) is 6.92 Å². The Balaban J connectivity index is 1.70. The van der Waals surface area contributed by atoms with E-state index in [-0.39, 0.29) is 11.8 Å². The Morgan fingerprint density at radius 3 is 2.00 bits per heavy atom. The molecule has 0 unspecified atom stereocenters. The van der Waals surface area contributed by atoms with Crippen LogP contribution in [0.15, 0.2) is 72.8 Å². The predicted octanol–water partition coefficient (Wildman–Crippen LogP) is 4.29. The molecular weight excluding hydrogens is 368 g/mol. The summed E-state index contributed by atoms with van der Waals surface area (Å²) in [5, 5.41) is 5.59. The molecule has 0 radical (unpaired) electrons. The van der Waals surface area contributed by atoms with Crippen LogP contribution in [0.3, 0.4) is 0 Å². The molecule has 3 rings (SSSR count). The van der Waals surface area contributed by atoms with Crippen molar-refractivity contribution in [1.29, 1.82) is 0 Å². The molecule has 0 aliphatic rings. The normalized spacial score (nSPS) is 10.1. The summed E-state index contributed by atoms with van der Waals surface area (Å²) in [4.78, 5) is 36.6. The van der Waals surface area contributed by atoms with Gasteiger partial charge < -0.3 is 15.4 Å². The third-order valence-electron chi connectivity index (χ3n) is 4.43. The van der Waals surface area contributed by atoms with Crippen molar-refractivity contribution >= 4 is 29.2 Å². The molecule has 0 aliphatic heterocycles. The quantitative estimate of drug-likeness (QED) is 0.639. The fraction of sp³-hybridized carbons (Fsp3) is 0.0870. The Hall–Kier alpha value is -3.93. The molecule has 3 aromatic rings. The minimum absolute atomic E-state index is 0.224. The van der Waals surface area contributed by atoms with E-state index in [9.17, 15) is 14.4 Å². The first kappa shape index (κ1) is 19.8. The van der Waals surface area contributed by atoms with Gasteiger partial charge in [-0.1, -0.05) is 24.3 Å². The van der Waals surface area contributed by atoms with Gasteiger partial charge in [-0.3, -0.25) is 9.59 Å². The van der Waals surface area contributed by atoms with Crippen molar-refractivity contribution in [2.45, 2.75) is 6.92 Å². The molecule has 0 saturated heterocycles. The van der Waals surface area contributed by atoms with Gasteiger partial charge in [-0.2, -0.15) is 0 Å². The number of hydrogen-bond donors (Lipinski definition) is 2. The van der Waals surface area contributed by atoms with Crippen LogP contribution in [-0.4, -0.2) is 24.9 Å². The average molecular weight is 388 g/mol. The van der Waals surface area contributed by atoms with Crippen molar-refractivity contribution in [2.24, 2.45) is 0 Å². The van der Waals surface area contributed by atoms with Crippen molar-refractivity contribution in [3.63, 3.8) is 0 Å². The third-order valence-corrected chi connectivity index (χ3v) is 4.43. The topological polar surface area (TPSA) is 84.5 Å². The lowest BCUT2D eigenvalue weighted by molar-refractivity contribution is 0.0599. The molecule has 0 saturated carbocycles. The summed E-state index contributed by atoms with van der Waals surface area (Å²) in [5.41, 5.74) is 3.10. The van der Waals surface area contributed by atoms with Crippen molar-refractivity contribution < 1.29 is 19.1 Å². The first-order valence-corrected chi connectivity index (χ1v) is 8.95. The Kier molecular flexibility index (Phi) is 6.04. The number of carbonyl (C=O) groups excluding carboxylic acids is 3. The predicted molar refractivity (Wildman–Crippen MR) is 111 cm³/mol. The number of esters is 1. The summed E-state index contributed by atoms with van der Waals surface area (Å²) in [6.45, 7) is 1.74. The Morgan fingerprint density at radius 1 is 0.724 bits per heavy atom. The highest BCUT2D eigenvalue weighted by molar-refractivity contribution is 6.07. The highest BCUT2D eigenvalue weighted by Gasteiger charge is 2.14. The molecule has 0 atom stereocenters. The maximum absolute atomic E-state index is 12.6. The van der Waals surface area contributed by atoms with Gasteiger partial charge in [0.05, 0.1) is 12.7 Å². The summed E-state index contributed by atoms with van der Waals surface area (Å²) in [7, 11) is 1.31. The molecule has 6 nitrogen and oxygen atoms in total. The van der Waals surface area contributed by atoms with E-state index in [0.29, 0.717) is 33.6 Å². The Bertz CT molecular complexity index is 1040. The highest BCUT2D eigenvalue weighted by atomic mass is 16.5. The van der Waals surface area contributed by atoms with Crippen LogP contribution in [0.1, 0.15) is 36.6 Å². The standard InChI is InChI=1S/C23H20N2O4/c1-15-19(23(28)29-2)9-6-10-20(15)25-22(27)17-11-13-18(14-12-17)24-21(26)16-7-4-3-5-8-16/h3-14H,1-2H3,(H,24,26)(H,25,27). The maximum atomic E-state index is 12.6. The average Bonchev–Trinajstić information content (AvgIpc) is 2.75. The van der Waals surface area contributed by atoms with E-state index < -0.39 is 5.97 Å². The third kappa shape index (κ3) is 4.68. The van der Waals surface area contributed by atoms with Gasteiger partial charge in [0.25, 0.3) is 11.8 Å². The van der Waals surface area contributed by atoms with Gasteiger partial charge in [0.2, 0.25) is 0 Å². The number of methoxy groups -OCH3 is 1. The maximum Gasteiger partial charge on any atom is 0.338 e. The summed E-state index contributed by atoms with van der Waals surface area (Å²) >= 11 is 0. The Labute approximate surface area is 168 Å². The summed E-state index contributed by atoms with van der Waals surface area (Å²) in [5.74, 6) is -1.01. The molecule has 0 aliphatic carbocycles. The molecule has 0 spiro atoms. The van der Waals surface area contributed by atoms with Crippen LogP contribution in [0.5, 0.6) is 0 Å². The molecule has 2 amide bonds. The number of nitrogens with one attached hydrogen (secondary N) is 2. The lowest BCUT2D eigenvalue weighted by Crippen LogP contribution is -2.15. The molecule has 0 aromatic heterocycles. The number of hydrogen-bond acceptors (Lipinski definition) is 4. The molecule has 6 heteroatoms. The van der Waals surface area contributed by atoms with E-state index in [2.05, 4.69) is 10.6 Å². The van der Waals surface area contributed by atoms with E-state index in [1.54, 1.807) is 73.7 Å². The first-order valence-electron chi connectivity index (χ1n) is 8.95. The number of anilines is 2. The monoisotopic (exact) mass is 388 g/mol. The molecule has 146 valence electrons. The number of rotatable bonds is 5.